The first-order valence-electron chi connectivity index (χ1n) is 7.56. The molecule has 0 spiro atoms. The van der Waals surface area contributed by atoms with E-state index in [0.717, 1.165) is 19.3 Å². The molecule has 0 aromatic heterocycles. The Kier molecular flexibility index (Phi) is 8.99. The van der Waals surface area contributed by atoms with Crippen molar-refractivity contribution >= 4 is 5.78 Å². The van der Waals surface area contributed by atoms with Crippen molar-refractivity contribution in [2.45, 2.75) is 83.5 Å². The summed E-state index contributed by atoms with van der Waals surface area (Å²) in [6, 6.07) is 0. The second-order valence-electron chi connectivity index (χ2n) is 5.29. The Morgan fingerprint density at radius 3 is 1.82 bits per heavy atom. The van der Waals surface area contributed by atoms with Gasteiger partial charge in [-0.3, -0.25) is 4.79 Å². The summed E-state index contributed by atoms with van der Waals surface area (Å²) in [6.07, 6.45) is 20.2. The van der Waals surface area contributed by atoms with Crippen LogP contribution in [0.4, 0.5) is 0 Å². The fourth-order valence-corrected chi connectivity index (χ4v) is 2.43. The zero-order chi connectivity index (χ0) is 12.2. The molecule has 1 aliphatic rings. The predicted octanol–water partition coefficient (Wildman–Crippen LogP) is 5.20. The number of Topliss-reactive ketones (excluding diaryl/α,β-unsaturated/α-hetero) is 1. The fraction of sp³-hybridized carbons (Fsp3) is 0.812. The number of ketones is 1. The lowest BCUT2D eigenvalue weighted by atomic mass is 10.0. The number of rotatable bonds is 0. The zero-order valence-corrected chi connectivity index (χ0v) is 11.3. The van der Waals surface area contributed by atoms with Gasteiger partial charge in [-0.2, -0.15) is 0 Å². The van der Waals surface area contributed by atoms with E-state index in [2.05, 4.69) is 12.2 Å². The van der Waals surface area contributed by atoms with E-state index in [1.54, 1.807) is 0 Å². The Labute approximate surface area is 107 Å². The summed E-state index contributed by atoms with van der Waals surface area (Å²) in [5, 5.41) is 0. The highest BCUT2D eigenvalue weighted by molar-refractivity contribution is 5.79. The van der Waals surface area contributed by atoms with Crippen LogP contribution in [0.25, 0.3) is 0 Å². The van der Waals surface area contributed by atoms with Crippen LogP contribution in [0.15, 0.2) is 12.2 Å². The molecule has 0 bridgehead atoms. The van der Waals surface area contributed by atoms with Crippen LogP contribution in [-0.4, -0.2) is 5.78 Å². The van der Waals surface area contributed by atoms with E-state index < -0.39 is 0 Å². The minimum absolute atomic E-state index is 0.424. The standard InChI is InChI=1S/C16H28O/c17-16-14-12-10-8-6-4-2-1-3-5-7-9-11-13-15-16/h10,12H,1-9,11,13-15H2/b12-10+. The van der Waals surface area contributed by atoms with Crippen molar-refractivity contribution in [3.63, 3.8) is 0 Å². The second kappa shape index (κ2) is 10.6. The summed E-state index contributed by atoms with van der Waals surface area (Å²) in [6.45, 7) is 0. The first kappa shape index (κ1) is 14.5. The van der Waals surface area contributed by atoms with E-state index in [1.807, 2.05) is 0 Å². The number of allylic oxidation sites excluding steroid dienone is 2. The highest BCUT2D eigenvalue weighted by atomic mass is 16.1. The minimum atomic E-state index is 0.424. The molecule has 1 rings (SSSR count). The van der Waals surface area contributed by atoms with Crippen molar-refractivity contribution in [1.29, 1.82) is 0 Å². The summed E-state index contributed by atoms with van der Waals surface area (Å²) in [4.78, 5) is 11.5. The van der Waals surface area contributed by atoms with Gasteiger partial charge in [-0.05, 0) is 19.3 Å². The van der Waals surface area contributed by atoms with Crippen LogP contribution in [0, 0.1) is 0 Å². The SMILES string of the molecule is O=C1C/C=C/CCCCCCCCCCCC1. The van der Waals surface area contributed by atoms with E-state index in [1.165, 1.54) is 57.8 Å². The summed E-state index contributed by atoms with van der Waals surface area (Å²) in [5.41, 5.74) is 0. The third-order valence-electron chi connectivity index (χ3n) is 3.59. The maximum Gasteiger partial charge on any atom is 0.136 e. The number of carbonyl (C=O) groups excluding carboxylic acids is 1. The molecule has 1 nitrogen and oxygen atoms in total. The molecular formula is C16H28O. The van der Waals surface area contributed by atoms with Gasteiger partial charge in [0.25, 0.3) is 0 Å². The molecule has 0 aliphatic heterocycles. The molecule has 0 aromatic rings. The van der Waals surface area contributed by atoms with Crippen LogP contribution in [-0.2, 0) is 4.79 Å². The lowest BCUT2D eigenvalue weighted by molar-refractivity contribution is -0.118. The Balaban J connectivity index is 2.19. The molecule has 1 heteroatoms. The van der Waals surface area contributed by atoms with Gasteiger partial charge in [0.15, 0.2) is 0 Å². The topological polar surface area (TPSA) is 17.1 Å². The van der Waals surface area contributed by atoms with E-state index in [4.69, 9.17) is 0 Å². The van der Waals surface area contributed by atoms with Crippen molar-refractivity contribution in [2.24, 2.45) is 0 Å². The molecule has 17 heavy (non-hydrogen) atoms. The van der Waals surface area contributed by atoms with Gasteiger partial charge in [-0.1, -0.05) is 63.5 Å². The molecule has 0 N–H and O–H groups in total. The first-order chi connectivity index (χ1) is 8.39. The van der Waals surface area contributed by atoms with Crippen LogP contribution >= 0.6 is 0 Å². The third-order valence-corrected chi connectivity index (χ3v) is 3.59. The van der Waals surface area contributed by atoms with Gasteiger partial charge < -0.3 is 0 Å². The highest BCUT2D eigenvalue weighted by Gasteiger charge is 1.99. The van der Waals surface area contributed by atoms with Crippen LogP contribution in [0.5, 0.6) is 0 Å². The third kappa shape index (κ3) is 9.14. The van der Waals surface area contributed by atoms with Crippen LogP contribution in [0.1, 0.15) is 83.5 Å². The summed E-state index contributed by atoms with van der Waals surface area (Å²) >= 11 is 0. The van der Waals surface area contributed by atoms with Crippen molar-refractivity contribution in [2.75, 3.05) is 0 Å². The quantitative estimate of drug-likeness (QED) is 0.528. The minimum Gasteiger partial charge on any atom is -0.299 e. The van der Waals surface area contributed by atoms with Gasteiger partial charge in [-0.15, -0.1) is 0 Å². The van der Waals surface area contributed by atoms with Gasteiger partial charge in [-0.25, -0.2) is 0 Å². The van der Waals surface area contributed by atoms with E-state index in [-0.39, 0.29) is 0 Å². The Morgan fingerprint density at radius 2 is 1.18 bits per heavy atom. The number of hydrogen-bond acceptors (Lipinski definition) is 1. The van der Waals surface area contributed by atoms with Crippen molar-refractivity contribution in [3.8, 4) is 0 Å². The smallest absolute Gasteiger partial charge is 0.136 e. The Hall–Kier alpha value is -0.590. The molecule has 0 aromatic carbocycles. The van der Waals surface area contributed by atoms with E-state index in [0.29, 0.717) is 12.2 Å². The van der Waals surface area contributed by atoms with Crippen LogP contribution in [0.2, 0.25) is 0 Å². The Bertz CT molecular complexity index is 218. The predicted molar refractivity (Wildman–Crippen MR) is 74.2 cm³/mol. The van der Waals surface area contributed by atoms with Crippen molar-refractivity contribution in [1.82, 2.24) is 0 Å². The van der Waals surface area contributed by atoms with Crippen molar-refractivity contribution < 1.29 is 4.79 Å². The molecule has 1 aliphatic carbocycles. The normalized spacial score (nSPS) is 24.4. The monoisotopic (exact) mass is 236 g/mol. The van der Waals surface area contributed by atoms with Gasteiger partial charge in [0.05, 0.1) is 0 Å². The summed E-state index contributed by atoms with van der Waals surface area (Å²) in [5.74, 6) is 0.424. The second-order valence-corrected chi connectivity index (χ2v) is 5.29. The molecule has 0 unspecified atom stereocenters. The first-order valence-corrected chi connectivity index (χ1v) is 7.56. The van der Waals surface area contributed by atoms with Gasteiger partial charge in [0.2, 0.25) is 0 Å². The fourth-order valence-electron chi connectivity index (χ4n) is 2.43. The number of hydrogen-bond donors (Lipinski definition) is 0. The lowest BCUT2D eigenvalue weighted by Gasteiger charge is -2.03. The largest absolute Gasteiger partial charge is 0.299 e. The maximum atomic E-state index is 11.5. The van der Waals surface area contributed by atoms with E-state index in [9.17, 15) is 4.79 Å². The maximum absolute atomic E-state index is 11.5. The molecule has 0 fully saturated rings. The Morgan fingerprint density at radius 1 is 0.647 bits per heavy atom. The van der Waals surface area contributed by atoms with E-state index >= 15 is 0 Å². The molecular weight excluding hydrogens is 208 g/mol. The molecule has 0 saturated carbocycles. The number of carbonyl (C=O) groups is 1. The summed E-state index contributed by atoms with van der Waals surface area (Å²) in [7, 11) is 0. The molecule has 0 saturated heterocycles. The zero-order valence-electron chi connectivity index (χ0n) is 11.3. The molecule has 0 amide bonds. The van der Waals surface area contributed by atoms with Crippen LogP contribution in [0.3, 0.4) is 0 Å². The van der Waals surface area contributed by atoms with Crippen LogP contribution < -0.4 is 0 Å². The van der Waals surface area contributed by atoms with Crippen molar-refractivity contribution in [3.05, 3.63) is 12.2 Å². The highest BCUT2D eigenvalue weighted by Crippen LogP contribution is 2.13. The molecule has 0 heterocycles. The average Bonchev–Trinajstić information content (AvgIpc) is 2.32. The average molecular weight is 236 g/mol. The summed E-state index contributed by atoms with van der Waals surface area (Å²) < 4.78 is 0. The van der Waals surface area contributed by atoms with Gasteiger partial charge in [0, 0.05) is 12.8 Å². The van der Waals surface area contributed by atoms with Gasteiger partial charge in [0.1, 0.15) is 5.78 Å². The molecule has 0 radical (unpaired) electrons. The molecule has 98 valence electrons. The molecule has 0 atom stereocenters. The van der Waals surface area contributed by atoms with Gasteiger partial charge >= 0.3 is 0 Å². The lowest BCUT2D eigenvalue weighted by Crippen LogP contribution is -1.95.